The lowest BCUT2D eigenvalue weighted by Crippen LogP contribution is -2.36. The second-order valence-corrected chi connectivity index (χ2v) is 2.90. The van der Waals surface area contributed by atoms with E-state index in [1.165, 1.54) is 14.2 Å². The molecule has 0 bridgehead atoms. The number of carbonyl (C=O) groups excluding carboxylic acids is 1. The summed E-state index contributed by atoms with van der Waals surface area (Å²) in [6, 6.07) is 0. The summed E-state index contributed by atoms with van der Waals surface area (Å²) >= 11 is 0. The Morgan fingerprint density at radius 2 is 1.85 bits per heavy atom. The third kappa shape index (κ3) is 4.05. The largest absolute Gasteiger partial charge is 0.457 e. The third-order valence-electron chi connectivity index (χ3n) is 1.68. The molecule has 0 aromatic heterocycles. The van der Waals surface area contributed by atoms with E-state index in [1.54, 1.807) is 13.8 Å². The zero-order valence-electron chi connectivity index (χ0n) is 8.55. The van der Waals surface area contributed by atoms with Gasteiger partial charge in [0.25, 0.3) is 0 Å². The first-order valence-electron chi connectivity index (χ1n) is 3.88. The van der Waals surface area contributed by atoms with Crippen molar-refractivity contribution in [3.63, 3.8) is 0 Å². The van der Waals surface area contributed by atoms with Gasteiger partial charge >= 0.3 is 5.97 Å². The zero-order chi connectivity index (χ0) is 10.5. The fourth-order valence-corrected chi connectivity index (χ4v) is 0.521. The lowest BCUT2D eigenvalue weighted by Gasteiger charge is -2.25. The van der Waals surface area contributed by atoms with Gasteiger partial charge in [-0.3, -0.25) is 0 Å². The number of rotatable bonds is 5. The molecule has 0 fully saturated rings. The van der Waals surface area contributed by atoms with Crippen LogP contribution in [0.15, 0.2) is 12.2 Å². The Labute approximate surface area is 78.5 Å². The van der Waals surface area contributed by atoms with Crippen LogP contribution in [0, 0.1) is 0 Å². The van der Waals surface area contributed by atoms with Crippen molar-refractivity contribution < 1.29 is 19.0 Å². The van der Waals surface area contributed by atoms with Crippen LogP contribution in [0.2, 0.25) is 0 Å². The van der Waals surface area contributed by atoms with Gasteiger partial charge in [-0.15, -0.1) is 0 Å². The van der Waals surface area contributed by atoms with E-state index in [2.05, 4.69) is 6.58 Å². The minimum absolute atomic E-state index is 0.0473. The van der Waals surface area contributed by atoms with Gasteiger partial charge in [0.1, 0.15) is 6.61 Å². The number of methoxy groups -OCH3 is 2. The van der Waals surface area contributed by atoms with E-state index in [9.17, 15) is 4.79 Å². The van der Waals surface area contributed by atoms with Crippen LogP contribution in [0.4, 0.5) is 0 Å². The van der Waals surface area contributed by atoms with Gasteiger partial charge in [0.05, 0.1) is 0 Å². The van der Waals surface area contributed by atoms with Gasteiger partial charge in [-0.1, -0.05) is 6.58 Å². The van der Waals surface area contributed by atoms with Crippen molar-refractivity contribution in [3.05, 3.63) is 12.2 Å². The van der Waals surface area contributed by atoms with E-state index in [4.69, 9.17) is 14.2 Å². The molecule has 0 aliphatic heterocycles. The van der Waals surface area contributed by atoms with Crippen molar-refractivity contribution in [3.8, 4) is 0 Å². The summed E-state index contributed by atoms with van der Waals surface area (Å²) < 4.78 is 14.8. The van der Waals surface area contributed by atoms with Gasteiger partial charge < -0.3 is 14.2 Å². The van der Waals surface area contributed by atoms with Gasteiger partial charge in [0.2, 0.25) is 0 Å². The summed E-state index contributed by atoms with van der Waals surface area (Å²) in [7, 11) is 2.97. The van der Waals surface area contributed by atoms with E-state index >= 15 is 0 Å². The highest BCUT2D eigenvalue weighted by atomic mass is 16.7. The maximum atomic E-state index is 11.0. The molecule has 0 saturated carbocycles. The molecule has 0 aromatic rings. The molecule has 13 heavy (non-hydrogen) atoms. The Morgan fingerprint density at radius 1 is 1.38 bits per heavy atom. The van der Waals surface area contributed by atoms with Gasteiger partial charge in [-0.25, -0.2) is 4.79 Å². The molecule has 0 unspecified atom stereocenters. The van der Waals surface area contributed by atoms with Crippen molar-refractivity contribution in [2.45, 2.75) is 19.6 Å². The molecule has 0 rings (SSSR count). The summed E-state index contributed by atoms with van der Waals surface area (Å²) in [5.41, 5.74) is 0.356. The number of hydrogen-bond donors (Lipinski definition) is 0. The fraction of sp³-hybridized carbons (Fsp3) is 0.667. The number of carbonyl (C=O) groups is 1. The van der Waals surface area contributed by atoms with Gasteiger partial charge in [0.15, 0.2) is 5.79 Å². The molecule has 0 amide bonds. The molecular formula is C9H16O4. The quantitative estimate of drug-likeness (QED) is 0.368. The highest BCUT2D eigenvalue weighted by Gasteiger charge is 2.24. The zero-order valence-corrected chi connectivity index (χ0v) is 8.55. The van der Waals surface area contributed by atoms with Crippen molar-refractivity contribution in [1.82, 2.24) is 0 Å². The number of ether oxygens (including phenoxy) is 3. The molecule has 76 valence electrons. The second-order valence-electron chi connectivity index (χ2n) is 2.90. The Hall–Kier alpha value is -0.870. The Balaban J connectivity index is 4.00. The van der Waals surface area contributed by atoms with Crippen molar-refractivity contribution >= 4 is 5.97 Å². The molecule has 0 heterocycles. The van der Waals surface area contributed by atoms with E-state index in [1.807, 2.05) is 0 Å². The van der Waals surface area contributed by atoms with Crippen molar-refractivity contribution in [2.24, 2.45) is 0 Å². The molecule has 0 aliphatic carbocycles. The molecule has 0 aliphatic rings. The van der Waals surface area contributed by atoms with Crippen LogP contribution >= 0.6 is 0 Å². The SMILES string of the molecule is C=C(C)C(=O)OCC(C)(OC)OC. The summed E-state index contributed by atoms with van der Waals surface area (Å²) in [5.74, 6) is -1.33. The summed E-state index contributed by atoms with van der Waals surface area (Å²) in [4.78, 5) is 11.0. The first kappa shape index (κ1) is 12.1. The summed E-state index contributed by atoms with van der Waals surface area (Å²) in [6.07, 6.45) is 0. The Kier molecular flexibility index (Phi) is 4.66. The minimum atomic E-state index is -0.884. The highest BCUT2D eigenvalue weighted by Crippen LogP contribution is 2.10. The van der Waals surface area contributed by atoms with E-state index < -0.39 is 11.8 Å². The molecule has 0 saturated heterocycles. The van der Waals surface area contributed by atoms with Gasteiger partial charge in [0, 0.05) is 19.8 Å². The maximum absolute atomic E-state index is 11.0. The average molecular weight is 188 g/mol. The standard InChI is InChI=1S/C9H16O4/c1-7(2)8(10)13-6-9(3,11-4)12-5/h1,6H2,2-5H3. The minimum Gasteiger partial charge on any atom is -0.457 e. The normalized spacial score (nSPS) is 11.1. The molecule has 0 radical (unpaired) electrons. The summed E-state index contributed by atoms with van der Waals surface area (Å²) in [5, 5.41) is 0. The van der Waals surface area contributed by atoms with Gasteiger partial charge in [-0.2, -0.15) is 0 Å². The van der Waals surface area contributed by atoms with Crippen LogP contribution in [0.3, 0.4) is 0 Å². The fourth-order valence-electron chi connectivity index (χ4n) is 0.521. The monoisotopic (exact) mass is 188 g/mol. The van der Waals surface area contributed by atoms with Crippen molar-refractivity contribution in [1.29, 1.82) is 0 Å². The van der Waals surface area contributed by atoms with Crippen LogP contribution in [-0.4, -0.2) is 32.6 Å². The molecule has 4 nitrogen and oxygen atoms in total. The Bertz CT molecular complexity index is 194. The highest BCUT2D eigenvalue weighted by molar-refractivity contribution is 5.86. The maximum Gasteiger partial charge on any atom is 0.333 e. The number of esters is 1. The number of hydrogen-bond acceptors (Lipinski definition) is 4. The molecule has 0 atom stereocenters. The van der Waals surface area contributed by atoms with E-state index in [-0.39, 0.29) is 6.61 Å². The molecular weight excluding hydrogens is 172 g/mol. The summed E-state index contributed by atoms with van der Waals surface area (Å²) in [6.45, 7) is 6.76. The van der Waals surface area contributed by atoms with Gasteiger partial charge in [-0.05, 0) is 13.8 Å². The first-order valence-corrected chi connectivity index (χ1v) is 3.88. The topological polar surface area (TPSA) is 44.8 Å². The van der Waals surface area contributed by atoms with E-state index in [0.29, 0.717) is 5.57 Å². The first-order chi connectivity index (χ1) is 5.95. The predicted molar refractivity (Wildman–Crippen MR) is 48.2 cm³/mol. The molecule has 4 heteroatoms. The molecule has 0 N–H and O–H groups in total. The molecule has 0 spiro atoms. The Morgan fingerprint density at radius 3 is 2.15 bits per heavy atom. The lowest BCUT2D eigenvalue weighted by atomic mass is 10.3. The average Bonchev–Trinajstić information content (AvgIpc) is 2.13. The molecule has 0 aromatic carbocycles. The second kappa shape index (κ2) is 4.99. The van der Waals surface area contributed by atoms with E-state index in [0.717, 1.165) is 0 Å². The lowest BCUT2D eigenvalue weighted by molar-refractivity contribution is -0.221. The predicted octanol–water partition coefficient (Wildman–Crippen LogP) is 1.11. The van der Waals surface area contributed by atoms with Crippen LogP contribution in [0.25, 0.3) is 0 Å². The van der Waals surface area contributed by atoms with Crippen LogP contribution < -0.4 is 0 Å². The third-order valence-corrected chi connectivity index (χ3v) is 1.68. The van der Waals surface area contributed by atoms with Crippen LogP contribution in [0.1, 0.15) is 13.8 Å². The smallest absolute Gasteiger partial charge is 0.333 e. The van der Waals surface area contributed by atoms with Crippen LogP contribution in [0.5, 0.6) is 0 Å². The van der Waals surface area contributed by atoms with Crippen molar-refractivity contribution in [2.75, 3.05) is 20.8 Å². The van der Waals surface area contributed by atoms with Crippen LogP contribution in [-0.2, 0) is 19.0 Å².